The van der Waals surface area contributed by atoms with Gasteiger partial charge in [0.1, 0.15) is 16.3 Å². The van der Waals surface area contributed by atoms with E-state index in [0.717, 1.165) is 37.8 Å². The lowest BCUT2D eigenvalue weighted by Crippen LogP contribution is -2.39. The number of nitrogens with zero attached hydrogens (tertiary/aromatic N) is 2. The van der Waals surface area contributed by atoms with Gasteiger partial charge in [-0.05, 0) is 68.0 Å². The van der Waals surface area contributed by atoms with E-state index in [1.807, 2.05) is 24.3 Å². The number of rotatable bonds is 11. The van der Waals surface area contributed by atoms with Gasteiger partial charge in [0.05, 0.1) is 5.69 Å². The van der Waals surface area contributed by atoms with Gasteiger partial charge in [-0.2, -0.15) is 0 Å². The molecule has 0 saturated heterocycles. The first-order valence-electron chi connectivity index (χ1n) is 14.5. The van der Waals surface area contributed by atoms with Crippen molar-refractivity contribution < 1.29 is 32.0 Å². The second kappa shape index (κ2) is 14.3. The summed E-state index contributed by atoms with van der Waals surface area (Å²) < 4.78 is 48.0. The van der Waals surface area contributed by atoms with Crippen LogP contribution < -0.4 is 10.4 Å². The molecular weight excluding hydrogens is 585 g/mol. The van der Waals surface area contributed by atoms with Crippen LogP contribution in [0.1, 0.15) is 89.9 Å². The van der Waals surface area contributed by atoms with Crippen LogP contribution in [0.2, 0.25) is 0 Å². The van der Waals surface area contributed by atoms with E-state index >= 15 is 0 Å². The van der Waals surface area contributed by atoms with Crippen molar-refractivity contribution in [2.75, 3.05) is 5.06 Å². The highest BCUT2D eigenvalue weighted by Crippen LogP contribution is 2.31. The number of nitrogens with one attached hydrogen (secondary N) is 1. The summed E-state index contributed by atoms with van der Waals surface area (Å²) in [6.45, 7) is 12.7. The molecule has 0 saturated carbocycles. The van der Waals surface area contributed by atoms with Crippen molar-refractivity contribution >= 4 is 27.7 Å². The van der Waals surface area contributed by atoms with Crippen molar-refractivity contribution in [3.63, 3.8) is 0 Å². The lowest BCUT2D eigenvalue weighted by molar-refractivity contribution is -0.142. The summed E-state index contributed by atoms with van der Waals surface area (Å²) in [6, 6.07) is 17.2. The maximum Gasteiger partial charge on any atom is 0.450 e. The molecular formula is C33H42FN3O6S. The van der Waals surface area contributed by atoms with Crippen LogP contribution in [-0.4, -0.2) is 31.1 Å². The number of anilines is 1. The Labute approximate surface area is 259 Å². The van der Waals surface area contributed by atoms with Crippen LogP contribution in [0, 0.1) is 5.82 Å². The molecule has 9 nitrogen and oxygen atoms in total. The lowest BCUT2D eigenvalue weighted by Gasteiger charge is -2.26. The fourth-order valence-electron chi connectivity index (χ4n) is 4.53. The Kier molecular flexibility index (Phi) is 11.3. The fourth-order valence-corrected chi connectivity index (χ4v) is 6.15. The van der Waals surface area contributed by atoms with E-state index in [4.69, 9.17) is 9.57 Å². The van der Waals surface area contributed by atoms with E-state index in [1.165, 1.54) is 42.0 Å². The Hall–Kier alpha value is -3.83. The monoisotopic (exact) mass is 627 g/mol. The van der Waals surface area contributed by atoms with Crippen molar-refractivity contribution in [1.82, 2.24) is 10.3 Å². The van der Waals surface area contributed by atoms with Crippen molar-refractivity contribution in [2.45, 2.75) is 95.6 Å². The molecule has 0 bridgehead atoms. The molecule has 1 amide bonds. The second-order valence-corrected chi connectivity index (χ2v) is 14.2. The van der Waals surface area contributed by atoms with Gasteiger partial charge in [-0.15, -0.1) is 0 Å². The number of ether oxygens (including phenoxy) is 1. The van der Waals surface area contributed by atoms with Crippen LogP contribution in [-0.2, 0) is 36.2 Å². The van der Waals surface area contributed by atoms with Gasteiger partial charge in [0.15, 0.2) is 11.2 Å². The van der Waals surface area contributed by atoms with E-state index in [9.17, 15) is 22.4 Å². The lowest BCUT2D eigenvalue weighted by atomic mass is 9.80. The number of hydrogen-bond donors (Lipinski definition) is 1. The van der Waals surface area contributed by atoms with E-state index in [0.29, 0.717) is 5.06 Å². The van der Waals surface area contributed by atoms with Crippen LogP contribution in [0.4, 0.5) is 15.0 Å². The van der Waals surface area contributed by atoms with Gasteiger partial charge >= 0.3 is 12.1 Å². The smallest absolute Gasteiger partial charge is 0.441 e. The molecule has 0 spiro atoms. The van der Waals surface area contributed by atoms with Crippen molar-refractivity contribution in [3.8, 4) is 0 Å². The van der Waals surface area contributed by atoms with Crippen molar-refractivity contribution in [2.24, 2.45) is 0 Å². The standard InChI is InChI=1S/C33H42FN3O6S/c1-8-9-21-33(6,7)25-19-17-24(18-20-25)22-35-30(44(40,41)28-15-11-10-13-26(28)34)27-14-12-16-29(36-27)37(43-23(2)38)31(39)42-32(3,4)5/h10-20,30,35H,8-9,21-22H2,1-7H3. The van der Waals surface area contributed by atoms with Gasteiger partial charge in [0.25, 0.3) is 0 Å². The molecule has 0 radical (unpaired) electrons. The van der Waals surface area contributed by atoms with E-state index < -0.39 is 43.6 Å². The van der Waals surface area contributed by atoms with Gasteiger partial charge < -0.3 is 9.57 Å². The molecule has 44 heavy (non-hydrogen) atoms. The minimum Gasteiger partial charge on any atom is -0.441 e. The number of carbonyl (C=O) groups excluding carboxylic acids is 2. The number of unbranched alkanes of at least 4 members (excludes halogenated alkanes) is 1. The molecule has 3 rings (SSSR count). The summed E-state index contributed by atoms with van der Waals surface area (Å²) in [5.74, 6) is -1.93. The van der Waals surface area contributed by atoms with Gasteiger partial charge in [0.2, 0.25) is 9.84 Å². The maximum atomic E-state index is 14.8. The first kappa shape index (κ1) is 34.7. The number of benzene rings is 2. The van der Waals surface area contributed by atoms with Gasteiger partial charge in [-0.3, -0.25) is 5.32 Å². The number of carbonyl (C=O) groups is 2. The highest BCUT2D eigenvalue weighted by atomic mass is 32.2. The van der Waals surface area contributed by atoms with Crippen molar-refractivity contribution in [3.05, 3.63) is 89.4 Å². The first-order chi connectivity index (χ1) is 20.5. The topological polar surface area (TPSA) is 115 Å². The van der Waals surface area contributed by atoms with E-state index in [-0.39, 0.29) is 23.5 Å². The van der Waals surface area contributed by atoms with Gasteiger partial charge in [0, 0.05) is 13.5 Å². The van der Waals surface area contributed by atoms with Crippen LogP contribution in [0.3, 0.4) is 0 Å². The SMILES string of the molecule is CCCCC(C)(C)c1ccc(CNC(c2cccc(N(OC(C)=O)C(=O)OC(C)(C)C)n2)S(=O)(=O)c2ccccc2F)cc1. The zero-order valence-corrected chi connectivity index (χ0v) is 27.2. The number of aromatic nitrogens is 1. The number of pyridine rings is 1. The van der Waals surface area contributed by atoms with Gasteiger partial charge in [-0.25, -0.2) is 27.4 Å². The fraction of sp³-hybridized carbons (Fsp3) is 0.424. The molecule has 238 valence electrons. The Morgan fingerprint density at radius 3 is 2.23 bits per heavy atom. The summed E-state index contributed by atoms with van der Waals surface area (Å²) >= 11 is 0. The normalized spacial score (nSPS) is 12.8. The second-order valence-electron chi connectivity index (χ2n) is 12.2. The van der Waals surface area contributed by atoms with Crippen LogP contribution in [0.25, 0.3) is 0 Å². The Morgan fingerprint density at radius 1 is 0.977 bits per heavy atom. The summed E-state index contributed by atoms with van der Waals surface area (Å²) in [5, 5.41) is 2.05. The van der Waals surface area contributed by atoms with Crippen LogP contribution >= 0.6 is 0 Å². The quantitative estimate of drug-likeness (QED) is 0.223. The summed E-state index contributed by atoms with van der Waals surface area (Å²) in [6.07, 6.45) is 2.23. The number of amides is 1. The minimum atomic E-state index is -4.40. The zero-order chi connectivity index (χ0) is 32.7. The largest absolute Gasteiger partial charge is 0.450 e. The van der Waals surface area contributed by atoms with Gasteiger partial charge in [-0.1, -0.05) is 81.1 Å². The molecule has 0 aliphatic rings. The van der Waals surface area contributed by atoms with E-state index in [2.05, 4.69) is 31.1 Å². The first-order valence-corrected chi connectivity index (χ1v) is 16.1. The third-order valence-electron chi connectivity index (χ3n) is 6.85. The molecule has 2 aromatic carbocycles. The predicted molar refractivity (Wildman–Crippen MR) is 167 cm³/mol. The summed E-state index contributed by atoms with van der Waals surface area (Å²) in [7, 11) is -4.40. The summed E-state index contributed by atoms with van der Waals surface area (Å²) in [4.78, 5) is 33.7. The summed E-state index contributed by atoms with van der Waals surface area (Å²) in [5.41, 5.74) is 0.994. The molecule has 1 atom stereocenters. The molecule has 3 aromatic rings. The third kappa shape index (κ3) is 9.09. The highest BCUT2D eigenvalue weighted by Gasteiger charge is 2.34. The Bertz CT molecular complexity index is 1550. The Balaban J connectivity index is 2.02. The van der Waals surface area contributed by atoms with Crippen LogP contribution in [0.15, 0.2) is 71.6 Å². The molecule has 1 heterocycles. The molecule has 0 fully saturated rings. The molecule has 11 heteroatoms. The van der Waals surface area contributed by atoms with E-state index in [1.54, 1.807) is 20.8 Å². The number of hydroxylamine groups is 1. The van der Waals surface area contributed by atoms with Crippen LogP contribution in [0.5, 0.6) is 0 Å². The predicted octanol–water partition coefficient (Wildman–Crippen LogP) is 7.17. The average molecular weight is 628 g/mol. The molecule has 1 N–H and O–H groups in total. The third-order valence-corrected chi connectivity index (χ3v) is 8.82. The Morgan fingerprint density at radius 2 is 1.64 bits per heavy atom. The maximum absolute atomic E-state index is 14.8. The average Bonchev–Trinajstić information content (AvgIpc) is 2.94. The number of halogens is 1. The zero-order valence-electron chi connectivity index (χ0n) is 26.4. The number of sulfone groups is 1. The molecule has 0 aliphatic carbocycles. The number of hydrogen-bond acceptors (Lipinski definition) is 8. The minimum absolute atomic E-state index is 0.00893. The molecule has 1 unspecified atom stereocenters. The molecule has 1 aromatic heterocycles. The van der Waals surface area contributed by atoms with Crippen molar-refractivity contribution in [1.29, 1.82) is 0 Å². The molecule has 0 aliphatic heterocycles. The highest BCUT2D eigenvalue weighted by molar-refractivity contribution is 7.91.